The Labute approximate surface area is 507 Å². The van der Waals surface area contributed by atoms with Crippen molar-refractivity contribution in [2.45, 2.75) is 0 Å². The highest BCUT2D eigenvalue weighted by molar-refractivity contribution is 6.39. The van der Waals surface area contributed by atoms with Crippen LogP contribution in [0.1, 0.15) is 53.3 Å². The van der Waals surface area contributed by atoms with E-state index in [2.05, 4.69) is 21.3 Å². The second kappa shape index (κ2) is 23.5. The van der Waals surface area contributed by atoms with Crippen molar-refractivity contribution in [1.29, 1.82) is 0 Å². The van der Waals surface area contributed by atoms with Gasteiger partial charge < -0.3 is 31.3 Å². The molecule has 0 fully saturated rings. The number of aliphatic imine (C=N–C) groups is 4. The Kier molecular flexibility index (Phi) is 14.8. The van der Waals surface area contributed by atoms with Gasteiger partial charge in [0.2, 0.25) is 0 Å². The summed E-state index contributed by atoms with van der Waals surface area (Å²) in [5.74, 6) is -0.692. The van der Waals surface area contributed by atoms with Crippen LogP contribution in [-0.4, -0.2) is 57.6 Å². The molecule has 88 heavy (non-hydrogen) atoms. The molecule has 0 spiro atoms. The Morgan fingerprint density at radius 2 is 0.602 bits per heavy atom. The molecule has 6 aliphatic heterocycles. The van der Waals surface area contributed by atoms with E-state index in [-0.39, 0.29) is 23.6 Å². The molecule has 0 unspecified atom stereocenters. The number of nitrogens with zero attached hydrogens (tertiary/aromatic N) is 8. The van der Waals surface area contributed by atoms with Gasteiger partial charge in [0.25, 0.3) is 17.7 Å². The number of carbonyl (C=O) groups excluding carboxylic acids is 3. The van der Waals surface area contributed by atoms with Gasteiger partial charge >= 0.3 is 0 Å². The van der Waals surface area contributed by atoms with Gasteiger partial charge in [-0.05, 0) is 132 Å². The number of aliphatic hydroxyl groups is 1. The van der Waals surface area contributed by atoms with Crippen LogP contribution in [-0.2, 0) is 21.1 Å². The molecule has 4 aromatic carbocycles. The molecule has 9 heterocycles. The Bertz CT molecular complexity index is 4450. The van der Waals surface area contributed by atoms with Gasteiger partial charge in [0.15, 0.2) is 43.1 Å². The van der Waals surface area contributed by atoms with Crippen LogP contribution in [0, 0.1) is 0 Å². The van der Waals surface area contributed by atoms with Crippen LogP contribution in [0.3, 0.4) is 0 Å². The minimum absolute atomic E-state index is 0.0124. The molecule has 426 valence electrons. The van der Waals surface area contributed by atoms with Gasteiger partial charge in [0.05, 0.1) is 62.3 Å². The van der Waals surface area contributed by atoms with Gasteiger partial charge in [-0.25, -0.2) is 33.7 Å². The lowest BCUT2D eigenvalue weighted by Crippen LogP contribution is -2.27. The Balaban J connectivity index is 0.954. The average molecular weight is 1150 g/mol. The maximum absolute atomic E-state index is 13.4. The minimum atomic E-state index is -0.235. The first kappa shape index (κ1) is 55.2. The standard InChI is InChI=1S/C72H54N12O4/c1-81-37-29-49(30-38-81)69(85)73-53-13-5-45(6-14-53)65-57-21-23-59(77-57)66(46-7-15-54(16-8-46)74-70(86)50-31-39-82(2)40-32-50)61-25-27-63(79-61)68(48-11-19-56(20-12-48)76-72(88)52-35-43-84(4)44-36-52)64-28-26-62(80-64)67(60-24-22-58(65)78-60)47-9-17-55(18-10-47)75-71(87)51-33-41-83(3)42-34-51/h5-44H,1-4H3,(H2-3,73,74,75,76,77,78,79,80,85,86,87,88)/p+3. The fourth-order valence-corrected chi connectivity index (χ4v) is 10.6. The molecule has 0 radical (unpaired) electrons. The van der Waals surface area contributed by atoms with Gasteiger partial charge in [0.1, 0.15) is 21.1 Å². The van der Waals surface area contributed by atoms with Crippen LogP contribution < -0.4 is 35.0 Å². The molecule has 16 heteroatoms. The number of nitrogens with one attached hydrogen (secondary N) is 4. The molecule has 16 nitrogen and oxygen atoms in total. The molecule has 0 aliphatic carbocycles. The molecule has 0 saturated heterocycles. The minimum Gasteiger partial charge on any atom is -0.494 e. The Hall–Kier alpha value is -12.0. The van der Waals surface area contributed by atoms with Gasteiger partial charge in [-0.3, -0.25) is 14.4 Å². The number of fused-ring (bicyclic) bond motifs is 4. The highest BCUT2D eigenvalue weighted by Crippen LogP contribution is 2.40. The Morgan fingerprint density at radius 3 is 0.864 bits per heavy atom. The molecule has 13 rings (SSSR count). The van der Waals surface area contributed by atoms with Crippen molar-refractivity contribution in [3.8, 4) is 0 Å². The number of benzene rings is 4. The average Bonchev–Trinajstić information content (AvgIpc) is 1.86. The van der Waals surface area contributed by atoms with E-state index in [1.54, 1.807) is 36.4 Å². The lowest BCUT2D eigenvalue weighted by molar-refractivity contribution is -0.671. The van der Waals surface area contributed by atoms with Gasteiger partial charge in [-0.1, -0.05) is 48.5 Å². The van der Waals surface area contributed by atoms with Crippen LogP contribution in [0.2, 0.25) is 0 Å². The van der Waals surface area contributed by atoms with Gasteiger partial charge in [-0.15, -0.1) is 0 Å². The molecule has 6 aliphatic rings. The summed E-state index contributed by atoms with van der Waals surface area (Å²) in [5, 5.41) is 23.4. The van der Waals surface area contributed by atoms with Crippen molar-refractivity contribution in [1.82, 2.24) is 4.90 Å². The summed E-state index contributed by atoms with van der Waals surface area (Å²) in [4.78, 5) is 64.0. The summed E-state index contributed by atoms with van der Waals surface area (Å²) in [6.07, 6.45) is 34.3. The maximum atomic E-state index is 13.4. The quantitative estimate of drug-likeness (QED) is 0.0599. The zero-order valence-corrected chi connectivity index (χ0v) is 48.3. The van der Waals surface area contributed by atoms with Gasteiger partial charge in [-0.2, -0.15) is 0 Å². The van der Waals surface area contributed by atoms with Crippen molar-refractivity contribution in [2.75, 3.05) is 28.3 Å². The zero-order chi connectivity index (χ0) is 60.4. The number of anilines is 4. The predicted octanol–water partition coefficient (Wildman–Crippen LogP) is 11.1. The van der Waals surface area contributed by atoms with Crippen LogP contribution in [0.4, 0.5) is 22.7 Å². The number of amides is 3. The summed E-state index contributed by atoms with van der Waals surface area (Å²) in [6, 6.07) is 41.4. The lowest BCUT2D eigenvalue weighted by Gasteiger charge is -2.15. The van der Waals surface area contributed by atoms with E-state index < -0.39 is 0 Å². The number of allylic oxidation sites excluding steroid dienone is 15. The molecular formula is C72H57N12O4+3. The lowest BCUT2D eigenvalue weighted by atomic mass is 9.98. The third-order valence-corrected chi connectivity index (χ3v) is 15.3. The highest BCUT2D eigenvalue weighted by Gasteiger charge is 2.28. The monoisotopic (exact) mass is 1150 g/mol. The summed E-state index contributed by atoms with van der Waals surface area (Å²) < 4.78 is 5.62. The van der Waals surface area contributed by atoms with E-state index in [0.717, 1.165) is 44.5 Å². The van der Waals surface area contributed by atoms with Crippen molar-refractivity contribution in [3.05, 3.63) is 317 Å². The zero-order valence-electron chi connectivity index (χ0n) is 48.3. The summed E-state index contributed by atoms with van der Waals surface area (Å²) in [6.45, 7) is 0. The highest BCUT2D eigenvalue weighted by atomic mass is 16.3. The van der Waals surface area contributed by atoms with E-state index in [0.29, 0.717) is 90.6 Å². The third-order valence-electron chi connectivity index (χ3n) is 15.3. The molecule has 8 bridgehead atoms. The first-order valence-electron chi connectivity index (χ1n) is 28.4. The summed E-state index contributed by atoms with van der Waals surface area (Å²) >= 11 is 0. The van der Waals surface area contributed by atoms with E-state index >= 15 is 0 Å². The molecule has 3 aromatic heterocycles. The Morgan fingerprint density at radius 1 is 0.352 bits per heavy atom. The summed E-state index contributed by atoms with van der Waals surface area (Å²) in [7, 11) is 7.62. The number of rotatable bonds is 12. The molecule has 7 aromatic rings. The van der Waals surface area contributed by atoms with E-state index in [1.165, 1.54) is 0 Å². The van der Waals surface area contributed by atoms with E-state index in [4.69, 9.17) is 20.0 Å². The SMILES string of the molecule is CN1C=CC(=C(O)Nc2ccc(C3=C4C=CC(=N4)C(c4ccc(NC(=O)c5cc[n+](C)cc5)cc4)=C4C=CC(=N4)C(c4ccc(NC(=O)c5cc[n+](C)cc5)cc4)=C4C=CC(=N4)C(c4ccc(NC(=O)c5cc[n+](C)cc5)cc4)=C4C=CC3=N4)cc2)C=C1. The van der Waals surface area contributed by atoms with Crippen LogP contribution >= 0.6 is 0 Å². The van der Waals surface area contributed by atoms with Crippen molar-refractivity contribution in [3.63, 3.8) is 0 Å². The third kappa shape index (κ3) is 11.6. The number of aromatic nitrogens is 3. The number of pyridine rings is 3. The molecule has 5 N–H and O–H groups in total. The second-order valence-corrected chi connectivity index (χ2v) is 21.5. The number of hydrogen-bond donors (Lipinski definition) is 5. The first-order valence-corrected chi connectivity index (χ1v) is 28.4. The van der Waals surface area contributed by atoms with E-state index in [1.807, 2.05) is 254 Å². The predicted molar refractivity (Wildman–Crippen MR) is 346 cm³/mol. The molecule has 0 atom stereocenters. The fraction of sp³-hybridized carbons (Fsp3) is 0.0556. The van der Waals surface area contributed by atoms with Crippen molar-refractivity contribution < 1.29 is 33.2 Å². The smallest absolute Gasteiger partial charge is 0.256 e. The van der Waals surface area contributed by atoms with Crippen LogP contribution in [0.15, 0.2) is 298 Å². The van der Waals surface area contributed by atoms with Gasteiger partial charge in [0, 0.05) is 106 Å². The number of carbonyl (C=O) groups is 3. The number of hydrogen-bond acceptors (Lipinski definition) is 10. The number of aliphatic hydroxyl groups excluding tert-OH is 1. The fourth-order valence-electron chi connectivity index (χ4n) is 10.6. The first-order chi connectivity index (χ1) is 42.8. The second-order valence-electron chi connectivity index (χ2n) is 21.5. The largest absolute Gasteiger partial charge is 0.494 e. The van der Waals surface area contributed by atoms with Crippen LogP contribution in [0.25, 0.3) is 22.3 Å². The normalized spacial score (nSPS) is 15.5. The maximum Gasteiger partial charge on any atom is 0.256 e. The summed E-state index contributed by atoms with van der Waals surface area (Å²) in [5.41, 5.74) is 16.0. The van der Waals surface area contributed by atoms with E-state index in [9.17, 15) is 19.5 Å². The van der Waals surface area contributed by atoms with Crippen molar-refractivity contribution >= 4 is 85.6 Å². The molecule has 0 saturated carbocycles. The van der Waals surface area contributed by atoms with Crippen molar-refractivity contribution in [2.24, 2.45) is 41.1 Å². The molecule has 3 amide bonds. The number of aryl methyl sites for hydroxylation is 3. The van der Waals surface area contributed by atoms with Crippen LogP contribution in [0.5, 0.6) is 0 Å². The topological polar surface area (TPSA) is 184 Å². The molecular weight excluding hydrogens is 1100 g/mol.